The summed E-state index contributed by atoms with van der Waals surface area (Å²) in [4.78, 5) is 11.7. The minimum atomic E-state index is -0.0405. The minimum absolute atomic E-state index is 0.0405. The van der Waals surface area contributed by atoms with Crippen molar-refractivity contribution < 1.29 is 9.53 Å². The highest BCUT2D eigenvalue weighted by molar-refractivity contribution is 5.77. The van der Waals surface area contributed by atoms with Gasteiger partial charge in [0, 0.05) is 17.9 Å². The van der Waals surface area contributed by atoms with Crippen LogP contribution >= 0.6 is 0 Å². The van der Waals surface area contributed by atoms with Gasteiger partial charge in [-0.05, 0) is 50.3 Å². The Kier molecular flexibility index (Phi) is 8.26. The van der Waals surface area contributed by atoms with Gasteiger partial charge in [0.1, 0.15) is 0 Å². The predicted octanol–water partition coefficient (Wildman–Crippen LogP) is 4.24. The molecule has 0 radical (unpaired) electrons. The molecule has 1 fully saturated rings. The third kappa shape index (κ3) is 5.51. The van der Waals surface area contributed by atoms with Gasteiger partial charge in [0.25, 0.3) is 0 Å². The third-order valence-corrected chi connectivity index (χ3v) is 3.80. The van der Waals surface area contributed by atoms with Crippen molar-refractivity contribution in [2.24, 2.45) is 5.92 Å². The summed E-state index contributed by atoms with van der Waals surface area (Å²) in [5.74, 6) is 0.0366. The smallest absolute Gasteiger partial charge is 0.308 e. The normalized spacial score (nSPS) is 20.3. The maximum Gasteiger partial charge on any atom is 0.308 e. The standard InChI is InChI=1S/C16H22N2O2.C2H6/c1-2-20-16(19)13-5-9-15(10-6-13)18-14-7-3-12(11-17)4-8-14;1-2/h3-4,7-8,11,13,15,17-18H,2,5-6,9-10H2,1H3;1-2H3. The van der Waals surface area contributed by atoms with Crippen LogP contribution in [0.15, 0.2) is 24.3 Å². The first-order valence-electron chi connectivity index (χ1n) is 8.26. The van der Waals surface area contributed by atoms with E-state index >= 15 is 0 Å². The number of hydrogen-bond donors (Lipinski definition) is 2. The fraction of sp³-hybridized carbons (Fsp3) is 0.556. The Morgan fingerprint density at radius 1 is 1.23 bits per heavy atom. The summed E-state index contributed by atoms with van der Waals surface area (Å²) in [5, 5.41) is 10.7. The second-order valence-electron chi connectivity index (χ2n) is 5.21. The molecule has 22 heavy (non-hydrogen) atoms. The zero-order valence-corrected chi connectivity index (χ0v) is 13.9. The van der Waals surface area contributed by atoms with Gasteiger partial charge in [-0.25, -0.2) is 0 Å². The molecule has 2 rings (SSSR count). The van der Waals surface area contributed by atoms with E-state index in [9.17, 15) is 4.79 Å². The monoisotopic (exact) mass is 304 g/mol. The van der Waals surface area contributed by atoms with Crippen LogP contribution in [0.4, 0.5) is 5.69 Å². The summed E-state index contributed by atoms with van der Waals surface area (Å²) in [6.07, 6.45) is 5.13. The molecular weight excluding hydrogens is 276 g/mol. The van der Waals surface area contributed by atoms with Gasteiger partial charge in [-0.3, -0.25) is 4.79 Å². The first kappa shape index (κ1) is 18.2. The summed E-state index contributed by atoms with van der Waals surface area (Å²) in [6, 6.07) is 8.28. The van der Waals surface area contributed by atoms with Crippen LogP contribution in [0.1, 0.15) is 52.0 Å². The van der Waals surface area contributed by atoms with E-state index in [4.69, 9.17) is 10.1 Å². The molecule has 122 valence electrons. The lowest BCUT2D eigenvalue weighted by Crippen LogP contribution is -2.30. The first-order valence-corrected chi connectivity index (χ1v) is 8.26. The number of carbonyl (C=O) groups is 1. The Bertz CT molecular complexity index is 449. The van der Waals surface area contributed by atoms with Gasteiger partial charge >= 0.3 is 5.97 Å². The van der Waals surface area contributed by atoms with Crippen molar-refractivity contribution in [1.82, 2.24) is 0 Å². The summed E-state index contributed by atoms with van der Waals surface area (Å²) < 4.78 is 5.08. The average molecular weight is 304 g/mol. The van der Waals surface area contributed by atoms with E-state index < -0.39 is 0 Å². The minimum Gasteiger partial charge on any atom is -0.466 e. The topological polar surface area (TPSA) is 62.2 Å². The van der Waals surface area contributed by atoms with Gasteiger partial charge in [-0.2, -0.15) is 0 Å². The van der Waals surface area contributed by atoms with Crippen LogP contribution in [0.5, 0.6) is 0 Å². The van der Waals surface area contributed by atoms with E-state index in [2.05, 4.69) is 5.32 Å². The Labute approximate surface area is 133 Å². The van der Waals surface area contributed by atoms with Crippen molar-refractivity contribution in [2.75, 3.05) is 11.9 Å². The molecule has 0 aliphatic heterocycles. The maximum atomic E-state index is 11.7. The van der Waals surface area contributed by atoms with Crippen LogP contribution in [0.25, 0.3) is 0 Å². The van der Waals surface area contributed by atoms with Gasteiger partial charge < -0.3 is 15.5 Å². The molecule has 4 heteroatoms. The summed E-state index contributed by atoms with van der Waals surface area (Å²) in [7, 11) is 0. The quantitative estimate of drug-likeness (QED) is 0.631. The number of anilines is 1. The molecule has 0 atom stereocenters. The van der Waals surface area contributed by atoms with E-state index in [0.717, 1.165) is 36.9 Å². The molecule has 0 saturated heterocycles. The molecule has 0 spiro atoms. The number of esters is 1. The van der Waals surface area contributed by atoms with E-state index in [1.54, 1.807) is 0 Å². The number of carbonyl (C=O) groups excluding carboxylic acids is 1. The van der Waals surface area contributed by atoms with E-state index in [-0.39, 0.29) is 11.9 Å². The molecule has 1 aromatic carbocycles. The van der Waals surface area contributed by atoms with Crippen LogP contribution in [-0.4, -0.2) is 24.8 Å². The van der Waals surface area contributed by atoms with Crippen LogP contribution in [-0.2, 0) is 9.53 Å². The molecule has 1 saturated carbocycles. The van der Waals surface area contributed by atoms with Crippen LogP contribution in [0.3, 0.4) is 0 Å². The molecule has 1 aliphatic carbocycles. The number of nitrogens with one attached hydrogen (secondary N) is 2. The first-order chi connectivity index (χ1) is 10.7. The average Bonchev–Trinajstić information content (AvgIpc) is 2.58. The Hall–Kier alpha value is -1.84. The highest BCUT2D eigenvalue weighted by Crippen LogP contribution is 2.27. The Balaban J connectivity index is 0.00000116. The molecule has 1 aromatic rings. The molecule has 4 nitrogen and oxygen atoms in total. The van der Waals surface area contributed by atoms with Crippen molar-refractivity contribution in [3.8, 4) is 0 Å². The fourth-order valence-corrected chi connectivity index (χ4v) is 2.64. The highest BCUT2D eigenvalue weighted by Gasteiger charge is 2.26. The number of ether oxygens (including phenoxy) is 1. The molecule has 1 aliphatic rings. The number of hydrogen-bond acceptors (Lipinski definition) is 4. The van der Waals surface area contributed by atoms with Crippen LogP contribution < -0.4 is 5.32 Å². The van der Waals surface area contributed by atoms with Crippen molar-refractivity contribution in [2.45, 2.75) is 52.5 Å². The van der Waals surface area contributed by atoms with Gasteiger partial charge in [0.2, 0.25) is 0 Å². The Morgan fingerprint density at radius 2 is 1.82 bits per heavy atom. The fourth-order valence-electron chi connectivity index (χ4n) is 2.64. The number of benzene rings is 1. The third-order valence-electron chi connectivity index (χ3n) is 3.80. The van der Waals surface area contributed by atoms with Crippen LogP contribution in [0.2, 0.25) is 0 Å². The summed E-state index contributed by atoms with van der Waals surface area (Å²) in [6.45, 7) is 6.32. The summed E-state index contributed by atoms with van der Waals surface area (Å²) >= 11 is 0. The second-order valence-corrected chi connectivity index (χ2v) is 5.21. The molecule has 0 aromatic heterocycles. The van der Waals surface area contributed by atoms with Gasteiger partial charge in [0.15, 0.2) is 0 Å². The molecule has 0 unspecified atom stereocenters. The lowest BCUT2D eigenvalue weighted by Gasteiger charge is -2.28. The van der Waals surface area contributed by atoms with Crippen molar-refractivity contribution in [3.63, 3.8) is 0 Å². The zero-order valence-electron chi connectivity index (χ0n) is 13.9. The SMILES string of the molecule is CC.CCOC(=O)C1CCC(Nc2ccc(C=N)cc2)CC1. The van der Waals surface area contributed by atoms with E-state index in [1.165, 1.54) is 6.21 Å². The van der Waals surface area contributed by atoms with Crippen LogP contribution in [0, 0.1) is 11.3 Å². The summed E-state index contributed by atoms with van der Waals surface area (Å²) in [5.41, 5.74) is 1.98. The molecule has 0 amide bonds. The van der Waals surface area contributed by atoms with Gasteiger partial charge in [-0.15, -0.1) is 0 Å². The highest BCUT2D eigenvalue weighted by atomic mass is 16.5. The molecule has 2 N–H and O–H groups in total. The predicted molar refractivity (Wildman–Crippen MR) is 91.7 cm³/mol. The lowest BCUT2D eigenvalue weighted by molar-refractivity contribution is -0.149. The zero-order chi connectivity index (χ0) is 16.4. The lowest BCUT2D eigenvalue weighted by atomic mass is 9.86. The van der Waals surface area contributed by atoms with Gasteiger partial charge in [-0.1, -0.05) is 26.0 Å². The molecule has 0 heterocycles. The molecule has 0 bridgehead atoms. The largest absolute Gasteiger partial charge is 0.466 e. The maximum absolute atomic E-state index is 11.7. The van der Waals surface area contributed by atoms with Gasteiger partial charge in [0.05, 0.1) is 12.5 Å². The van der Waals surface area contributed by atoms with E-state index in [1.807, 2.05) is 45.0 Å². The Morgan fingerprint density at radius 3 is 2.32 bits per heavy atom. The van der Waals surface area contributed by atoms with E-state index in [0.29, 0.717) is 12.6 Å². The van der Waals surface area contributed by atoms with Crippen molar-refractivity contribution in [3.05, 3.63) is 29.8 Å². The van der Waals surface area contributed by atoms with Crippen molar-refractivity contribution >= 4 is 17.9 Å². The number of rotatable bonds is 5. The molecular formula is C18H28N2O2. The second kappa shape index (κ2) is 9.98. The van der Waals surface area contributed by atoms with Crippen molar-refractivity contribution in [1.29, 1.82) is 5.41 Å².